The molecule has 20 heavy (non-hydrogen) atoms. The van der Waals surface area contributed by atoms with Gasteiger partial charge in [-0.15, -0.1) is 0 Å². The van der Waals surface area contributed by atoms with Crippen molar-refractivity contribution in [1.29, 1.82) is 0 Å². The van der Waals surface area contributed by atoms with Gasteiger partial charge in [-0.25, -0.2) is 9.59 Å². The summed E-state index contributed by atoms with van der Waals surface area (Å²) < 4.78 is 5.08. The minimum absolute atomic E-state index is 0.168. The summed E-state index contributed by atoms with van der Waals surface area (Å²) in [5.74, 6) is -3.60. The largest absolute Gasteiger partial charge is 0.481 e. The second-order valence-electron chi connectivity index (χ2n) is 6.50. The van der Waals surface area contributed by atoms with Crippen LogP contribution in [-0.4, -0.2) is 39.4 Å². The Balaban J connectivity index is 2.15. The van der Waals surface area contributed by atoms with E-state index in [-0.39, 0.29) is 12.3 Å². The number of hydrogen-bond donors (Lipinski definition) is 3. The Bertz CT molecular complexity index is 468. The van der Waals surface area contributed by atoms with E-state index in [9.17, 15) is 19.5 Å². The first kappa shape index (κ1) is 14.6. The second kappa shape index (κ2) is 4.36. The number of rotatable bonds is 3. The van der Waals surface area contributed by atoms with E-state index in [1.807, 2.05) is 0 Å². The molecule has 0 radical (unpaired) electrons. The van der Waals surface area contributed by atoms with Crippen molar-refractivity contribution in [3.63, 3.8) is 0 Å². The number of fused-ring (bicyclic) bond motifs is 1. The lowest BCUT2D eigenvalue weighted by atomic mass is 9.90. The molecule has 0 unspecified atom stereocenters. The summed E-state index contributed by atoms with van der Waals surface area (Å²) in [5.41, 5.74) is -2.26. The summed E-state index contributed by atoms with van der Waals surface area (Å²) in [5, 5.41) is 20.9. The molecule has 2 fully saturated rings. The van der Waals surface area contributed by atoms with Crippen molar-refractivity contribution < 1.29 is 29.3 Å². The zero-order valence-corrected chi connectivity index (χ0v) is 11.7. The number of hydrogen-bond acceptors (Lipinski definition) is 4. The van der Waals surface area contributed by atoms with Crippen LogP contribution < -0.4 is 5.32 Å². The van der Waals surface area contributed by atoms with Gasteiger partial charge in [-0.05, 0) is 39.5 Å². The van der Waals surface area contributed by atoms with Crippen molar-refractivity contribution in [2.45, 2.75) is 44.8 Å². The molecular weight excluding hydrogens is 266 g/mol. The van der Waals surface area contributed by atoms with Gasteiger partial charge in [0.25, 0.3) is 0 Å². The minimum Gasteiger partial charge on any atom is -0.481 e. The van der Waals surface area contributed by atoms with Crippen LogP contribution in [-0.2, 0) is 14.3 Å². The third-order valence-electron chi connectivity index (χ3n) is 4.00. The summed E-state index contributed by atoms with van der Waals surface area (Å²) in [6.07, 6.45) is -0.0960. The van der Waals surface area contributed by atoms with Crippen molar-refractivity contribution in [3.8, 4) is 0 Å². The number of ether oxygens (including phenoxy) is 1. The monoisotopic (exact) mass is 285 g/mol. The van der Waals surface area contributed by atoms with Gasteiger partial charge < -0.3 is 20.3 Å². The van der Waals surface area contributed by atoms with E-state index in [4.69, 9.17) is 9.84 Å². The molecule has 7 heteroatoms. The number of carboxylic acids is 2. The van der Waals surface area contributed by atoms with Crippen LogP contribution in [0.5, 0.6) is 0 Å². The second-order valence-corrected chi connectivity index (χ2v) is 6.50. The van der Waals surface area contributed by atoms with Gasteiger partial charge in [0.15, 0.2) is 0 Å². The number of alkyl carbamates (subject to hydrolysis) is 1. The molecule has 0 aromatic heterocycles. The Hall–Kier alpha value is -1.79. The van der Waals surface area contributed by atoms with Crippen LogP contribution in [0.25, 0.3) is 0 Å². The normalized spacial score (nSPS) is 35.0. The first-order valence-corrected chi connectivity index (χ1v) is 6.56. The van der Waals surface area contributed by atoms with Gasteiger partial charge in [0, 0.05) is 5.92 Å². The molecule has 4 atom stereocenters. The standard InChI is InChI=1S/C13H19NO6/c1-12(2,3)20-11(19)14-13(10(17)18)5-4-6-7(8(6)13)9(15)16/h6-8H,4-5H2,1-3H3,(H,14,19)(H,15,16)(H,17,18)/t6-,7-,8-,13-/m0/s1. The highest BCUT2D eigenvalue weighted by Crippen LogP contribution is 2.62. The quantitative estimate of drug-likeness (QED) is 0.715. The number of nitrogens with one attached hydrogen (secondary N) is 1. The Labute approximate surface area is 116 Å². The van der Waals surface area contributed by atoms with Crippen LogP contribution in [0.1, 0.15) is 33.6 Å². The lowest BCUT2D eigenvalue weighted by Gasteiger charge is -2.30. The number of amides is 1. The molecule has 0 aliphatic heterocycles. The molecule has 2 aliphatic rings. The highest BCUT2D eigenvalue weighted by molar-refractivity contribution is 5.89. The maximum atomic E-state index is 11.8. The maximum Gasteiger partial charge on any atom is 0.408 e. The zero-order valence-electron chi connectivity index (χ0n) is 11.7. The third-order valence-corrected chi connectivity index (χ3v) is 4.00. The number of carbonyl (C=O) groups is 3. The summed E-state index contributed by atoms with van der Waals surface area (Å²) in [6, 6.07) is 0. The predicted octanol–water partition coefficient (Wildman–Crippen LogP) is 1.08. The molecule has 2 aliphatic carbocycles. The van der Waals surface area contributed by atoms with E-state index >= 15 is 0 Å². The van der Waals surface area contributed by atoms with Crippen LogP contribution in [0.3, 0.4) is 0 Å². The molecule has 0 spiro atoms. The summed E-state index contributed by atoms with van der Waals surface area (Å²) in [6.45, 7) is 5.03. The minimum atomic E-state index is -1.52. The summed E-state index contributed by atoms with van der Waals surface area (Å²) in [4.78, 5) is 34.5. The Kier molecular flexibility index (Phi) is 3.19. The Morgan fingerprint density at radius 2 is 1.85 bits per heavy atom. The molecule has 0 aromatic carbocycles. The molecule has 0 heterocycles. The van der Waals surface area contributed by atoms with Crippen LogP contribution in [0.4, 0.5) is 4.79 Å². The molecule has 3 N–H and O–H groups in total. The van der Waals surface area contributed by atoms with Crippen LogP contribution in [0, 0.1) is 17.8 Å². The summed E-state index contributed by atoms with van der Waals surface area (Å²) in [7, 11) is 0. The molecular formula is C13H19NO6. The zero-order chi connectivity index (χ0) is 15.3. The Morgan fingerprint density at radius 3 is 2.25 bits per heavy atom. The van der Waals surface area contributed by atoms with E-state index < -0.39 is 41.0 Å². The highest BCUT2D eigenvalue weighted by Gasteiger charge is 2.72. The van der Waals surface area contributed by atoms with Crippen molar-refractivity contribution in [2.75, 3.05) is 0 Å². The molecule has 0 aromatic rings. The highest BCUT2D eigenvalue weighted by atomic mass is 16.6. The van der Waals surface area contributed by atoms with E-state index in [0.717, 1.165) is 0 Å². The fourth-order valence-electron chi connectivity index (χ4n) is 3.24. The summed E-state index contributed by atoms with van der Waals surface area (Å²) >= 11 is 0. The topological polar surface area (TPSA) is 113 Å². The van der Waals surface area contributed by atoms with Crippen LogP contribution in [0.2, 0.25) is 0 Å². The van der Waals surface area contributed by atoms with E-state index in [2.05, 4.69) is 5.32 Å². The lowest BCUT2D eigenvalue weighted by Crippen LogP contribution is -2.56. The molecule has 7 nitrogen and oxygen atoms in total. The van der Waals surface area contributed by atoms with Gasteiger partial charge >= 0.3 is 18.0 Å². The van der Waals surface area contributed by atoms with Gasteiger partial charge in [0.2, 0.25) is 0 Å². The van der Waals surface area contributed by atoms with Crippen LogP contribution >= 0.6 is 0 Å². The van der Waals surface area contributed by atoms with E-state index in [1.165, 1.54) is 0 Å². The molecule has 112 valence electrons. The van der Waals surface area contributed by atoms with Gasteiger partial charge in [-0.1, -0.05) is 0 Å². The fourth-order valence-corrected chi connectivity index (χ4v) is 3.24. The van der Waals surface area contributed by atoms with Gasteiger partial charge in [0.05, 0.1) is 5.92 Å². The average molecular weight is 285 g/mol. The number of carbonyl (C=O) groups excluding carboxylic acids is 1. The van der Waals surface area contributed by atoms with Gasteiger partial charge in [-0.2, -0.15) is 0 Å². The van der Waals surface area contributed by atoms with Crippen molar-refractivity contribution >= 4 is 18.0 Å². The number of carboxylic acid groups (broad SMARTS) is 2. The number of aliphatic carboxylic acids is 2. The first-order chi connectivity index (χ1) is 9.08. The lowest BCUT2D eigenvalue weighted by molar-refractivity contribution is -0.147. The van der Waals surface area contributed by atoms with E-state index in [0.29, 0.717) is 6.42 Å². The molecule has 1 amide bonds. The first-order valence-electron chi connectivity index (χ1n) is 6.56. The molecule has 0 saturated heterocycles. The van der Waals surface area contributed by atoms with Crippen molar-refractivity contribution in [2.24, 2.45) is 17.8 Å². The SMILES string of the molecule is CC(C)(C)OC(=O)N[C@@]1(C(=O)O)CC[C@H]2[C@H](C(=O)O)[C@H]21. The smallest absolute Gasteiger partial charge is 0.408 e. The maximum absolute atomic E-state index is 11.8. The molecule has 2 rings (SSSR count). The predicted molar refractivity (Wildman–Crippen MR) is 67.1 cm³/mol. The third kappa shape index (κ3) is 2.32. The average Bonchev–Trinajstić information content (AvgIpc) is 2.87. The van der Waals surface area contributed by atoms with Gasteiger partial charge in [-0.3, -0.25) is 4.79 Å². The van der Waals surface area contributed by atoms with Crippen molar-refractivity contribution in [3.05, 3.63) is 0 Å². The Morgan fingerprint density at radius 1 is 1.25 bits per heavy atom. The van der Waals surface area contributed by atoms with Gasteiger partial charge in [0.1, 0.15) is 11.1 Å². The fraction of sp³-hybridized carbons (Fsp3) is 0.769. The van der Waals surface area contributed by atoms with Crippen LogP contribution in [0.15, 0.2) is 0 Å². The van der Waals surface area contributed by atoms with E-state index in [1.54, 1.807) is 20.8 Å². The van der Waals surface area contributed by atoms with Crippen molar-refractivity contribution in [1.82, 2.24) is 5.32 Å². The molecule has 2 saturated carbocycles. The molecule has 0 bridgehead atoms.